The zero-order chi connectivity index (χ0) is 16.4. The molecule has 118 valence electrons. The molecule has 3 heteroatoms. The fraction of sp³-hybridized carbons (Fsp3) is 0.250. The van der Waals surface area contributed by atoms with Crippen molar-refractivity contribution in [2.45, 2.75) is 0 Å². The molecule has 0 amide bonds. The number of carbonyl (C=O) groups excluding carboxylic acids is 1. The van der Waals surface area contributed by atoms with Crippen LogP contribution in [0.15, 0.2) is 54.6 Å². The highest BCUT2D eigenvalue weighted by Crippen LogP contribution is 2.29. The first-order valence-electron chi connectivity index (χ1n) is 7.84. The molecule has 3 aromatic carbocycles. The summed E-state index contributed by atoms with van der Waals surface area (Å²) in [7, 11) is 6.25. The molecule has 0 aliphatic rings. The third-order valence-electron chi connectivity index (χ3n) is 3.97. The van der Waals surface area contributed by atoms with Gasteiger partial charge in [-0.15, -0.1) is 0 Å². The van der Waals surface area contributed by atoms with Crippen LogP contribution in [-0.2, 0) is 4.74 Å². The lowest BCUT2D eigenvalue weighted by Gasteiger charge is -2.23. The Labute approximate surface area is 136 Å². The maximum absolute atomic E-state index is 12.7. The van der Waals surface area contributed by atoms with Crippen LogP contribution >= 0.6 is 0 Å². The molecule has 0 unspecified atom stereocenters. The summed E-state index contributed by atoms with van der Waals surface area (Å²) in [5.74, 6) is -0.244. The van der Waals surface area contributed by atoms with E-state index in [-0.39, 0.29) is 5.97 Å². The van der Waals surface area contributed by atoms with Crippen LogP contribution in [-0.4, -0.2) is 44.7 Å². The predicted octanol–water partition coefficient (Wildman–Crippen LogP) is 3.86. The molecule has 0 saturated heterocycles. The Hall–Kier alpha value is -2.39. The second-order valence-corrected chi connectivity index (χ2v) is 6.84. The molecule has 0 N–H and O–H groups in total. The highest BCUT2D eigenvalue weighted by molar-refractivity contribution is 6.16. The second kappa shape index (κ2) is 6.01. The lowest BCUT2D eigenvalue weighted by atomic mass is 9.97. The van der Waals surface area contributed by atoms with Gasteiger partial charge in [-0.05, 0) is 27.6 Å². The minimum Gasteiger partial charge on any atom is -0.456 e. The van der Waals surface area contributed by atoms with E-state index in [0.717, 1.165) is 32.6 Å². The van der Waals surface area contributed by atoms with Crippen LogP contribution in [0.25, 0.3) is 21.5 Å². The Morgan fingerprint density at radius 3 is 1.96 bits per heavy atom. The molecule has 0 fully saturated rings. The average Bonchev–Trinajstić information content (AvgIpc) is 2.51. The summed E-state index contributed by atoms with van der Waals surface area (Å²) in [6, 6.07) is 18.0. The van der Waals surface area contributed by atoms with Crippen LogP contribution in [0, 0.1) is 0 Å². The fourth-order valence-electron chi connectivity index (χ4n) is 2.72. The van der Waals surface area contributed by atoms with Crippen molar-refractivity contribution in [2.75, 3.05) is 34.3 Å². The van der Waals surface area contributed by atoms with E-state index in [0.29, 0.717) is 12.2 Å². The SMILES string of the molecule is C[N+](C)(C)CCOC(=O)c1c2ccccc2cc2ccccc12. The van der Waals surface area contributed by atoms with Crippen LogP contribution in [0.2, 0.25) is 0 Å². The molecule has 23 heavy (non-hydrogen) atoms. The number of ether oxygens (including phenoxy) is 1. The molecule has 0 bridgehead atoms. The minimum absolute atomic E-state index is 0.244. The second-order valence-electron chi connectivity index (χ2n) is 6.84. The quantitative estimate of drug-likeness (QED) is 0.416. The van der Waals surface area contributed by atoms with E-state index in [9.17, 15) is 4.79 Å². The first-order valence-corrected chi connectivity index (χ1v) is 7.84. The summed E-state index contributed by atoms with van der Waals surface area (Å²) < 4.78 is 6.33. The van der Waals surface area contributed by atoms with Crippen molar-refractivity contribution in [3.8, 4) is 0 Å². The summed E-state index contributed by atoms with van der Waals surface area (Å²) in [5.41, 5.74) is 0.667. The first kappa shape index (κ1) is 15.5. The molecule has 3 rings (SSSR count). The van der Waals surface area contributed by atoms with Gasteiger partial charge in [0.05, 0.1) is 26.7 Å². The summed E-state index contributed by atoms with van der Waals surface area (Å²) in [6.45, 7) is 1.20. The van der Waals surface area contributed by atoms with Crippen LogP contribution in [0.3, 0.4) is 0 Å². The lowest BCUT2D eigenvalue weighted by molar-refractivity contribution is -0.870. The molecule has 0 radical (unpaired) electrons. The molecule has 0 aromatic heterocycles. The lowest BCUT2D eigenvalue weighted by Crippen LogP contribution is -2.38. The fourth-order valence-corrected chi connectivity index (χ4v) is 2.72. The molecule has 0 aliphatic heterocycles. The number of likely N-dealkylation sites (N-methyl/N-ethyl adjacent to an activating group) is 1. The van der Waals surface area contributed by atoms with E-state index in [4.69, 9.17) is 4.74 Å². The van der Waals surface area contributed by atoms with Gasteiger partial charge in [0.25, 0.3) is 0 Å². The number of quaternary nitrogens is 1. The van der Waals surface area contributed by atoms with Crippen molar-refractivity contribution in [1.29, 1.82) is 0 Å². The van der Waals surface area contributed by atoms with E-state index in [2.05, 4.69) is 27.2 Å². The first-order chi connectivity index (χ1) is 11.0. The van der Waals surface area contributed by atoms with Crippen molar-refractivity contribution in [2.24, 2.45) is 0 Å². The number of rotatable bonds is 4. The number of nitrogens with zero attached hydrogens (tertiary/aromatic N) is 1. The van der Waals surface area contributed by atoms with E-state index < -0.39 is 0 Å². The smallest absolute Gasteiger partial charge is 0.339 e. The van der Waals surface area contributed by atoms with Gasteiger partial charge in [0.15, 0.2) is 0 Å². The topological polar surface area (TPSA) is 26.3 Å². The van der Waals surface area contributed by atoms with Gasteiger partial charge in [-0.25, -0.2) is 4.79 Å². The summed E-state index contributed by atoms with van der Waals surface area (Å²) in [6.07, 6.45) is 0. The van der Waals surface area contributed by atoms with E-state index >= 15 is 0 Å². The van der Waals surface area contributed by atoms with Crippen molar-refractivity contribution < 1.29 is 14.0 Å². The van der Waals surface area contributed by atoms with Gasteiger partial charge in [-0.3, -0.25) is 0 Å². The van der Waals surface area contributed by atoms with Gasteiger partial charge in [0.1, 0.15) is 13.2 Å². The molecule has 0 aliphatic carbocycles. The van der Waals surface area contributed by atoms with Crippen molar-refractivity contribution >= 4 is 27.5 Å². The number of carbonyl (C=O) groups is 1. The van der Waals surface area contributed by atoms with Gasteiger partial charge in [0, 0.05) is 0 Å². The molecule has 3 nitrogen and oxygen atoms in total. The Balaban J connectivity index is 2.04. The van der Waals surface area contributed by atoms with Crippen molar-refractivity contribution in [3.05, 3.63) is 60.2 Å². The zero-order valence-corrected chi connectivity index (χ0v) is 13.9. The molecule has 0 heterocycles. The Bertz CT molecular complexity index is 808. The van der Waals surface area contributed by atoms with E-state index in [1.807, 2.05) is 48.5 Å². The highest BCUT2D eigenvalue weighted by atomic mass is 16.5. The maximum Gasteiger partial charge on any atom is 0.339 e. The Kier molecular flexibility index (Phi) is 4.05. The largest absolute Gasteiger partial charge is 0.456 e. The van der Waals surface area contributed by atoms with E-state index in [1.54, 1.807) is 0 Å². The average molecular weight is 308 g/mol. The normalized spacial score (nSPS) is 11.8. The molecule has 0 atom stereocenters. The van der Waals surface area contributed by atoms with E-state index in [1.165, 1.54) is 0 Å². The van der Waals surface area contributed by atoms with Crippen molar-refractivity contribution in [3.63, 3.8) is 0 Å². The molecule has 0 spiro atoms. The zero-order valence-electron chi connectivity index (χ0n) is 13.9. The Morgan fingerprint density at radius 1 is 0.913 bits per heavy atom. The van der Waals surface area contributed by atoms with Gasteiger partial charge >= 0.3 is 5.97 Å². The summed E-state index contributed by atoms with van der Waals surface area (Å²) >= 11 is 0. The molecule has 0 saturated carbocycles. The van der Waals surface area contributed by atoms with Crippen LogP contribution in [0.1, 0.15) is 10.4 Å². The third-order valence-corrected chi connectivity index (χ3v) is 3.97. The number of fused-ring (bicyclic) bond motifs is 2. The number of benzene rings is 3. The van der Waals surface area contributed by atoms with Gasteiger partial charge in [-0.1, -0.05) is 48.5 Å². The predicted molar refractivity (Wildman–Crippen MR) is 94.6 cm³/mol. The third kappa shape index (κ3) is 3.35. The highest BCUT2D eigenvalue weighted by Gasteiger charge is 2.17. The van der Waals surface area contributed by atoms with Crippen molar-refractivity contribution in [1.82, 2.24) is 0 Å². The maximum atomic E-state index is 12.7. The Morgan fingerprint density at radius 2 is 1.43 bits per heavy atom. The van der Waals surface area contributed by atoms with Crippen LogP contribution < -0.4 is 0 Å². The van der Waals surface area contributed by atoms with Gasteiger partial charge < -0.3 is 9.22 Å². The monoisotopic (exact) mass is 308 g/mol. The van der Waals surface area contributed by atoms with Gasteiger partial charge in [0.2, 0.25) is 0 Å². The van der Waals surface area contributed by atoms with Crippen LogP contribution in [0.4, 0.5) is 0 Å². The standard InChI is InChI=1S/C20H22NO2/c1-21(2,3)12-13-23-20(22)19-17-10-6-4-8-15(17)14-16-9-5-7-11-18(16)19/h4-11,14H,12-13H2,1-3H3/q+1. The van der Waals surface area contributed by atoms with Gasteiger partial charge in [-0.2, -0.15) is 0 Å². The summed E-state index contributed by atoms with van der Waals surface area (Å²) in [4.78, 5) is 12.7. The van der Waals surface area contributed by atoms with Crippen LogP contribution in [0.5, 0.6) is 0 Å². The summed E-state index contributed by atoms with van der Waals surface area (Å²) in [5, 5.41) is 4.01. The number of hydrogen-bond donors (Lipinski definition) is 0. The number of hydrogen-bond acceptors (Lipinski definition) is 2. The molecular formula is C20H22NO2+. The molecular weight excluding hydrogens is 286 g/mol. The molecule has 3 aromatic rings. The number of esters is 1. The minimum atomic E-state index is -0.244.